The molecule has 1 aromatic heterocycles. The number of para-hydroxylation sites is 3. The molecule has 55 heavy (non-hydrogen) atoms. The van der Waals surface area contributed by atoms with Gasteiger partial charge in [-0.1, -0.05) is 126 Å². The predicted octanol–water partition coefficient (Wildman–Crippen LogP) is 12.3. The molecule has 0 radical (unpaired) electrons. The molecule has 0 bridgehead atoms. The second kappa shape index (κ2) is 11.2. The third-order valence-corrected chi connectivity index (χ3v) is 13.5. The smallest absolute Gasteiger partial charge is 0.198 e. The lowest BCUT2D eigenvalue weighted by atomic mass is 9.55. The quantitative estimate of drug-likeness (QED) is 0.185. The number of furan rings is 1. The standard InChI is InChI=1S/C51H45BN2O/c1-49(2)23-24-50(3,4)38-29-41(53-32-17-8-7-9-18-32)35(27-37(38)49)45-46-43(28-34-33-19-12-13-22-44(33)55-48(34)45)54-42-26-31-16-11-10-15-30(31)25-39(42)51(5,6)36-20-14-21-40(52-46)47(36)54/h7-22,25-29,52-53H,23-24H2,1-6H3. The number of nitrogens with zero attached hydrogens (tertiary/aromatic N) is 1. The molecule has 0 spiro atoms. The Hall–Kier alpha value is -5.74. The molecule has 0 saturated heterocycles. The van der Waals surface area contributed by atoms with Crippen molar-refractivity contribution in [1.29, 1.82) is 0 Å². The minimum atomic E-state index is -0.169. The van der Waals surface area contributed by atoms with Gasteiger partial charge in [-0.05, 0) is 111 Å². The summed E-state index contributed by atoms with van der Waals surface area (Å²) in [6, 6.07) is 47.4. The maximum atomic E-state index is 7.05. The van der Waals surface area contributed by atoms with Gasteiger partial charge in [0.15, 0.2) is 7.28 Å². The Balaban J connectivity index is 1.28. The van der Waals surface area contributed by atoms with Gasteiger partial charge in [0.1, 0.15) is 11.2 Å². The highest BCUT2D eigenvalue weighted by Gasteiger charge is 2.43. The van der Waals surface area contributed by atoms with Crippen molar-refractivity contribution in [2.24, 2.45) is 0 Å². The molecular formula is C51H45BN2O. The molecule has 11 rings (SSSR count). The predicted molar refractivity (Wildman–Crippen MR) is 235 cm³/mol. The first-order chi connectivity index (χ1) is 26.5. The molecule has 7 aromatic carbocycles. The summed E-state index contributed by atoms with van der Waals surface area (Å²) < 4.78 is 7.05. The Morgan fingerprint density at radius 3 is 2.07 bits per heavy atom. The molecule has 1 aliphatic carbocycles. The first-order valence-electron chi connectivity index (χ1n) is 19.9. The van der Waals surface area contributed by atoms with Gasteiger partial charge in [-0.15, -0.1) is 0 Å². The second-order valence-electron chi connectivity index (χ2n) is 18.1. The number of rotatable bonds is 3. The van der Waals surface area contributed by atoms with E-state index in [2.05, 4.69) is 179 Å². The molecule has 2 aliphatic heterocycles. The van der Waals surface area contributed by atoms with E-state index in [9.17, 15) is 0 Å². The third kappa shape index (κ3) is 4.64. The average Bonchev–Trinajstić information content (AvgIpc) is 3.55. The van der Waals surface area contributed by atoms with Gasteiger partial charge < -0.3 is 14.6 Å². The first kappa shape index (κ1) is 32.7. The van der Waals surface area contributed by atoms with Crippen LogP contribution < -0.4 is 21.1 Å². The topological polar surface area (TPSA) is 28.4 Å². The number of anilines is 5. The highest BCUT2D eigenvalue weighted by molar-refractivity contribution is 6.74. The first-order valence-corrected chi connectivity index (χ1v) is 19.9. The van der Waals surface area contributed by atoms with Crippen molar-refractivity contribution in [3.63, 3.8) is 0 Å². The van der Waals surface area contributed by atoms with Crippen molar-refractivity contribution < 1.29 is 4.42 Å². The van der Waals surface area contributed by atoms with Crippen LogP contribution in [0.25, 0.3) is 43.8 Å². The highest BCUT2D eigenvalue weighted by Crippen LogP contribution is 2.55. The van der Waals surface area contributed by atoms with E-state index in [1.807, 2.05) is 0 Å². The SMILES string of the molecule is CC1(C)CCC(C)(C)c2cc(-c3c4c(cc5c3oc3ccccc35)N3c5cc6ccccc6cc5C(C)(C)c5cccc(c53)B4)c(Nc3ccccc3)cc21. The molecule has 4 heteroatoms. The summed E-state index contributed by atoms with van der Waals surface area (Å²) >= 11 is 0. The largest absolute Gasteiger partial charge is 0.455 e. The second-order valence-corrected chi connectivity index (χ2v) is 18.1. The van der Waals surface area contributed by atoms with Gasteiger partial charge in [0.2, 0.25) is 0 Å². The van der Waals surface area contributed by atoms with Gasteiger partial charge in [-0.3, -0.25) is 0 Å². The fourth-order valence-corrected chi connectivity index (χ4v) is 10.3. The average molecular weight is 713 g/mol. The van der Waals surface area contributed by atoms with Crippen LogP contribution in [-0.4, -0.2) is 7.28 Å². The Morgan fingerprint density at radius 2 is 1.29 bits per heavy atom. The fraction of sp³-hybridized carbons (Fsp3) is 0.216. The molecule has 3 nitrogen and oxygen atoms in total. The molecular weight excluding hydrogens is 667 g/mol. The van der Waals surface area contributed by atoms with Crippen molar-refractivity contribution >= 4 is 79.4 Å². The Morgan fingerprint density at radius 1 is 0.600 bits per heavy atom. The summed E-state index contributed by atoms with van der Waals surface area (Å²) in [5.41, 5.74) is 18.5. The summed E-state index contributed by atoms with van der Waals surface area (Å²) in [5, 5.41) is 8.78. The normalized spacial score (nSPS) is 16.9. The van der Waals surface area contributed by atoms with Gasteiger partial charge in [-0.2, -0.15) is 0 Å². The molecule has 3 aliphatic rings. The lowest BCUT2D eigenvalue weighted by Crippen LogP contribution is -2.45. The number of benzene rings is 7. The van der Waals surface area contributed by atoms with Crippen molar-refractivity contribution in [3.05, 3.63) is 150 Å². The van der Waals surface area contributed by atoms with Crippen LogP contribution in [0.3, 0.4) is 0 Å². The zero-order valence-electron chi connectivity index (χ0n) is 32.6. The number of nitrogens with one attached hydrogen (secondary N) is 1. The van der Waals surface area contributed by atoms with Crippen molar-refractivity contribution in [2.75, 3.05) is 10.2 Å². The maximum absolute atomic E-state index is 7.05. The van der Waals surface area contributed by atoms with Gasteiger partial charge in [-0.25, -0.2) is 0 Å². The van der Waals surface area contributed by atoms with Crippen molar-refractivity contribution in [1.82, 2.24) is 0 Å². The van der Waals surface area contributed by atoms with Crippen LogP contribution in [0, 0.1) is 0 Å². The molecule has 268 valence electrons. The number of fused-ring (bicyclic) bond motifs is 9. The molecule has 1 N–H and O–H groups in total. The van der Waals surface area contributed by atoms with Crippen LogP contribution >= 0.6 is 0 Å². The van der Waals surface area contributed by atoms with Crippen LogP contribution in [0.2, 0.25) is 0 Å². The minimum absolute atomic E-state index is 0.0344. The maximum Gasteiger partial charge on any atom is 0.198 e. The zero-order chi connectivity index (χ0) is 37.4. The van der Waals surface area contributed by atoms with Crippen LogP contribution in [0.5, 0.6) is 0 Å². The van der Waals surface area contributed by atoms with E-state index in [0.717, 1.165) is 53.4 Å². The van der Waals surface area contributed by atoms with Gasteiger partial charge in [0.05, 0.1) is 5.69 Å². The van der Waals surface area contributed by atoms with E-state index in [4.69, 9.17) is 4.42 Å². The monoisotopic (exact) mass is 712 g/mol. The van der Waals surface area contributed by atoms with Crippen molar-refractivity contribution in [3.8, 4) is 11.1 Å². The van der Waals surface area contributed by atoms with E-state index in [0.29, 0.717) is 0 Å². The molecule has 0 unspecified atom stereocenters. The van der Waals surface area contributed by atoms with Crippen LogP contribution in [-0.2, 0) is 16.2 Å². The molecule has 8 aromatic rings. The van der Waals surface area contributed by atoms with E-state index in [1.165, 1.54) is 72.1 Å². The van der Waals surface area contributed by atoms with Crippen molar-refractivity contribution in [2.45, 2.75) is 70.6 Å². The Bertz CT molecular complexity index is 2910. The lowest BCUT2D eigenvalue weighted by molar-refractivity contribution is 0.332. The van der Waals surface area contributed by atoms with Crippen LogP contribution in [0.4, 0.5) is 28.4 Å². The zero-order valence-corrected chi connectivity index (χ0v) is 32.6. The summed E-state index contributed by atoms with van der Waals surface area (Å²) in [6.45, 7) is 14.5. The minimum Gasteiger partial charge on any atom is -0.455 e. The molecule has 3 heterocycles. The van der Waals surface area contributed by atoms with E-state index < -0.39 is 0 Å². The van der Waals surface area contributed by atoms with E-state index in [-0.39, 0.29) is 16.2 Å². The lowest BCUT2D eigenvalue weighted by Gasteiger charge is -2.46. The number of hydrogen-bond acceptors (Lipinski definition) is 3. The molecule has 0 amide bonds. The molecule has 0 atom stereocenters. The summed E-state index contributed by atoms with van der Waals surface area (Å²) in [4.78, 5) is 2.61. The molecule has 0 saturated carbocycles. The summed E-state index contributed by atoms with van der Waals surface area (Å²) in [6.07, 6.45) is 2.31. The Kier molecular flexibility index (Phi) is 6.63. The van der Waals surface area contributed by atoms with E-state index in [1.54, 1.807) is 0 Å². The summed E-state index contributed by atoms with van der Waals surface area (Å²) in [7, 11) is 0.813. The van der Waals surface area contributed by atoms with Crippen LogP contribution in [0.1, 0.15) is 76.6 Å². The van der Waals surface area contributed by atoms with Gasteiger partial charge >= 0.3 is 0 Å². The highest BCUT2D eigenvalue weighted by atomic mass is 16.3. The van der Waals surface area contributed by atoms with Gasteiger partial charge in [0.25, 0.3) is 0 Å². The van der Waals surface area contributed by atoms with Gasteiger partial charge in [0, 0.05) is 50.1 Å². The summed E-state index contributed by atoms with van der Waals surface area (Å²) in [5.74, 6) is 0. The van der Waals surface area contributed by atoms with E-state index >= 15 is 0 Å². The fourth-order valence-electron chi connectivity index (χ4n) is 10.3. The van der Waals surface area contributed by atoms with Crippen LogP contribution in [0.15, 0.2) is 132 Å². The number of hydrogen-bond donors (Lipinski definition) is 1. The Labute approximate surface area is 324 Å². The third-order valence-electron chi connectivity index (χ3n) is 13.5. The molecule has 0 fully saturated rings.